The minimum Gasteiger partial charge on any atom is -0.324 e. The smallest absolute Gasteiger partial charge is 0.324 e. The summed E-state index contributed by atoms with van der Waals surface area (Å²) in [5.74, 6) is 0. The van der Waals surface area contributed by atoms with Crippen LogP contribution in [0.15, 0.2) is 27.8 Å². The molecule has 0 unspecified atom stereocenters. The van der Waals surface area contributed by atoms with E-state index in [9.17, 15) is 18.8 Å². The number of amides is 2. The number of hydrogen-bond donors (Lipinski definition) is 1. The first kappa shape index (κ1) is 16.2. The zero-order valence-corrected chi connectivity index (χ0v) is 13.6. The fraction of sp³-hybridized carbons (Fsp3) is 0.438. The maximum atomic E-state index is 13.2. The number of hydrogen-bond acceptors (Lipinski definition) is 3. The Morgan fingerprint density at radius 2 is 1.83 bits per heavy atom. The zero-order chi connectivity index (χ0) is 17.4. The van der Waals surface area contributed by atoms with Crippen LogP contribution in [0.25, 0.3) is 10.9 Å². The Morgan fingerprint density at radius 1 is 1.17 bits per heavy atom. The van der Waals surface area contributed by atoms with E-state index in [4.69, 9.17) is 0 Å². The van der Waals surface area contributed by atoms with Gasteiger partial charge in [0.2, 0.25) is 0 Å². The average Bonchev–Trinajstić information content (AvgIpc) is 2.58. The maximum Gasteiger partial charge on any atom is 0.330 e. The van der Waals surface area contributed by atoms with Crippen LogP contribution < -0.4 is 16.6 Å². The fourth-order valence-electron chi connectivity index (χ4n) is 2.92. The number of nitrogens with zero attached hydrogens (tertiary/aromatic N) is 3. The molecule has 2 amide bonds. The molecule has 0 radical (unpaired) electrons. The van der Waals surface area contributed by atoms with Gasteiger partial charge in [-0.05, 0) is 31.0 Å². The number of fused-ring (bicyclic) bond motifs is 1. The summed E-state index contributed by atoms with van der Waals surface area (Å²) in [6, 6.07) is 4.49. The van der Waals surface area contributed by atoms with Crippen LogP contribution >= 0.6 is 0 Å². The lowest BCUT2D eigenvalue weighted by molar-refractivity contribution is 0.162. The van der Waals surface area contributed by atoms with Crippen molar-refractivity contribution < 1.29 is 9.18 Å². The van der Waals surface area contributed by atoms with Gasteiger partial charge < -0.3 is 10.2 Å². The van der Waals surface area contributed by atoms with E-state index in [1.54, 1.807) is 30.1 Å². The van der Waals surface area contributed by atoms with Crippen LogP contribution in [0, 0.1) is 0 Å². The monoisotopic (exact) mass is 334 g/mol. The van der Waals surface area contributed by atoms with Crippen molar-refractivity contribution in [1.29, 1.82) is 0 Å². The number of carbonyl (C=O) groups is 1. The van der Waals surface area contributed by atoms with Crippen molar-refractivity contribution in [3.05, 3.63) is 39.0 Å². The van der Waals surface area contributed by atoms with Crippen molar-refractivity contribution in [3.63, 3.8) is 0 Å². The van der Waals surface area contributed by atoms with Crippen molar-refractivity contribution in [2.75, 3.05) is 18.4 Å². The highest BCUT2D eigenvalue weighted by Gasteiger charge is 2.22. The summed E-state index contributed by atoms with van der Waals surface area (Å²) in [6.45, 7) is 0.749. The lowest BCUT2D eigenvalue weighted by Crippen LogP contribution is -2.41. The number of aryl methyl sites for hydroxylation is 1. The molecule has 2 aromatic rings. The number of piperidine rings is 1. The SMILES string of the molecule is Cn1c(=O)c2ccc(NC(=O)N3CCC(F)CC3)cc2n(C)c1=O. The molecule has 128 valence electrons. The summed E-state index contributed by atoms with van der Waals surface area (Å²) in [5, 5.41) is 3.14. The molecular weight excluding hydrogens is 315 g/mol. The molecule has 1 N–H and O–H groups in total. The molecule has 1 aliphatic heterocycles. The molecule has 24 heavy (non-hydrogen) atoms. The number of benzene rings is 1. The van der Waals surface area contributed by atoms with E-state index in [1.807, 2.05) is 0 Å². The first-order valence-corrected chi connectivity index (χ1v) is 7.78. The fourth-order valence-corrected chi connectivity index (χ4v) is 2.92. The molecule has 0 saturated carbocycles. The predicted molar refractivity (Wildman–Crippen MR) is 89.2 cm³/mol. The van der Waals surface area contributed by atoms with Crippen LogP contribution in [0.3, 0.4) is 0 Å². The van der Waals surface area contributed by atoms with E-state index in [0.717, 1.165) is 4.57 Å². The van der Waals surface area contributed by atoms with Gasteiger partial charge in [-0.3, -0.25) is 13.9 Å². The highest BCUT2D eigenvalue weighted by Crippen LogP contribution is 2.18. The van der Waals surface area contributed by atoms with Gasteiger partial charge in [-0.2, -0.15) is 0 Å². The third-order valence-electron chi connectivity index (χ3n) is 4.43. The summed E-state index contributed by atoms with van der Waals surface area (Å²) in [7, 11) is 3.00. The third-order valence-corrected chi connectivity index (χ3v) is 4.43. The second-order valence-corrected chi connectivity index (χ2v) is 6.03. The van der Waals surface area contributed by atoms with Gasteiger partial charge in [-0.25, -0.2) is 14.0 Å². The highest BCUT2D eigenvalue weighted by molar-refractivity contribution is 5.92. The molecule has 0 atom stereocenters. The summed E-state index contributed by atoms with van der Waals surface area (Å²) in [5.41, 5.74) is 0.124. The highest BCUT2D eigenvalue weighted by atomic mass is 19.1. The number of likely N-dealkylation sites (tertiary alicyclic amines) is 1. The van der Waals surface area contributed by atoms with Gasteiger partial charge in [0.1, 0.15) is 6.17 Å². The number of halogens is 1. The summed E-state index contributed by atoms with van der Waals surface area (Å²) in [4.78, 5) is 37.9. The van der Waals surface area contributed by atoms with Gasteiger partial charge in [0.05, 0.1) is 10.9 Å². The molecule has 1 aromatic carbocycles. The van der Waals surface area contributed by atoms with Crippen molar-refractivity contribution in [2.24, 2.45) is 14.1 Å². The Morgan fingerprint density at radius 3 is 2.50 bits per heavy atom. The normalized spacial score (nSPS) is 15.7. The van der Waals surface area contributed by atoms with Crippen LogP contribution in [-0.4, -0.2) is 39.3 Å². The topological polar surface area (TPSA) is 76.3 Å². The summed E-state index contributed by atoms with van der Waals surface area (Å²) >= 11 is 0. The van der Waals surface area contributed by atoms with E-state index in [0.29, 0.717) is 42.5 Å². The van der Waals surface area contributed by atoms with Gasteiger partial charge >= 0.3 is 11.7 Å². The number of nitrogens with one attached hydrogen (secondary N) is 1. The Hall–Kier alpha value is -2.64. The number of urea groups is 1. The van der Waals surface area contributed by atoms with Gasteiger partial charge in [0.15, 0.2) is 0 Å². The quantitative estimate of drug-likeness (QED) is 0.851. The average molecular weight is 334 g/mol. The Balaban J connectivity index is 1.90. The molecule has 8 heteroatoms. The zero-order valence-electron chi connectivity index (χ0n) is 13.6. The molecule has 0 spiro atoms. The largest absolute Gasteiger partial charge is 0.330 e. The molecule has 1 saturated heterocycles. The van der Waals surface area contributed by atoms with Crippen molar-refractivity contribution in [1.82, 2.24) is 14.0 Å². The van der Waals surface area contributed by atoms with Crippen LogP contribution in [0.1, 0.15) is 12.8 Å². The minimum absolute atomic E-state index is 0.310. The molecule has 0 bridgehead atoms. The Kier molecular flexibility index (Phi) is 4.13. The molecule has 1 aliphatic rings. The molecular formula is C16H19FN4O3. The van der Waals surface area contributed by atoms with Crippen molar-refractivity contribution in [3.8, 4) is 0 Å². The maximum absolute atomic E-state index is 13.2. The first-order valence-electron chi connectivity index (χ1n) is 7.78. The lowest BCUT2D eigenvalue weighted by atomic mass is 10.1. The number of anilines is 1. The van der Waals surface area contributed by atoms with E-state index in [-0.39, 0.29) is 11.6 Å². The van der Waals surface area contributed by atoms with Crippen LogP contribution in [0.5, 0.6) is 0 Å². The van der Waals surface area contributed by atoms with E-state index < -0.39 is 11.9 Å². The Bertz CT molecular complexity index is 910. The summed E-state index contributed by atoms with van der Waals surface area (Å²) in [6.07, 6.45) is -0.161. The molecule has 0 aliphatic carbocycles. The van der Waals surface area contributed by atoms with Crippen molar-refractivity contribution in [2.45, 2.75) is 19.0 Å². The second kappa shape index (κ2) is 6.10. The lowest BCUT2D eigenvalue weighted by Gasteiger charge is -2.28. The molecule has 7 nitrogen and oxygen atoms in total. The van der Waals surface area contributed by atoms with E-state index >= 15 is 0 Å². The van der Waals surface area contributed by atoms with Gasteiger partial charge in [0.25, 0.3) is 5.56 Å². The number of rotatable bonds is 1. The van der Waals surface area contributed by atoms with Crippen molar-refractivity contribution >= 4 is 22.6 Å². The second-order valence-electron chi connectivity index (χ2n) is 6.03. The summed E-state index contributed by atoms with van der Waals surface area (Å²) < 4.78 is 15.6. The molecule has 3 rings (SSSR count). The van der Waals surface area contributed by atoms with Gasteiger partial charge in [0, 0.05) is 32.9 Å². The Labute approximate surface area is 137 Å². The van der Waals surface area contributed by atoms with Gasteiger partial charge in [-0.15, -0.1) is 0 Å². The van der Waals surface area contributed by atoms with Crippen LogP contribution in [0.4, 0.5) is 14.9 Å². The van der Waals surface area contributed by atoms with E-state index in [2.05, 4.69) is 5.32 Å². The molecule has 2 heterocycles. The minimum atomic E-state index is -0.847. The molecule has 1 aromatic heterocycles. The first-order chi connectivity index (χ1) is 11.4. The molecule has 1 fully saturated rings. The number of aromatic nitrogens is 2. The predicted octanol–water partition coefficient (Wildman–Crippen LogP) is 1.20. The van der Waals surface area contributed by atoms with Crippen LogP contribution in [0.2, 0.25) is 0 Å². The number of alkyl halides is 1. The van der Waals surface area contributed by atoms with Gasteiger partial charge in [-0.1, -0.05) is 0 Å². The third kappa shape index (κ3) is 2.79. The standard InChI is InChI=1S/C16H19FN4O3/c1-19-13-9-11(3-4-12(13)14(22)20(2)16(19)24)18-15(23)21-7-5-10(17)6-8-21/h3-4,9-10H,5-8H2,1-2H3,(H,18,23). The number of carbonyl (C=O) groups excluding carboxylic acids is 1. The van der Waals surface area contributed by atoms with Crippen LogP contribution in [-0.2, 0) is 14.1 Å². The van der Waals surface area contributed by atoms with E-state index in [1.165, 1.54) is 11.6 Å².